The van der Waals surface area contributed by atoms with Gasteiger partial charge in [0.1, 0.15) is 5.75 Å². The molecule has 0 spiro atoms. The zero-order valence-corrected chi connectivity index (χ0v) is 16.4. The number of benzene rings is 1. The number of hydrogen-bond donors (Lipinski definition) is 1. The Hall–Kier alpha value is -2.30. The van der Waals surface area contributed by atoms with Gasteiger partial charge in [0.2, 0.25) is 0 Å². The van der Waals surface area contributed by atoms with Gasteiger partial charge in [-0.3, -0.25) is 9.59 Å². The largest absolute Gasteiger partial charge is 0.484 e. The molecule has 1 N–H and O–H groups in total. The number of carbonyl (C=O) groups is 1. The third kappa shape index (κ3) is 4.90. The summed E-state index contributed by atoms with van der Waals surface area (Å²) in [4.78, 5) is 24.4. The van der Waals surface area contributed by atoms with Crippen LogP contribution in [-0.2, 0) is 11.3 Å². The first-order valence-electron chi connectivity index (χ1n) is 10.1. The van der Waals surface area contributed by atoms with E-state index in [1.807, 2.05) is 25.1 Å². The van der Waals surface area contributed by atoms with E-state index in [0.717, 1.165) is 29.4 Å². The van der Waals surface area contributed by atoms with Crippen molar-refractivity contribution in [2.24, 2.45) is 5.92 Å². The maximum atomic E-state index is 12.3. The maximum absolute atomic E-state index is 12.3. The fourth-order valence-corrected chi connectivity index (χ4v) is 3.92. The molecule has 1 amide bonds. The minimum atomic E-state index is -0.0872. The maximum Gasteiger partial charge on any atom is 0.257 e. The molecule has 5 nitrogen and oxygen atoms in total. The van der Waals surface area contributed by atoms with Crippen LogP contribution >= 0.6 is 0 Å². The standard InChI is InChI=1S/C22H30N2O3/c1-3-11-24-20-13-18(9-10-19(20)16(2)12-22(24)26)27-15-21(25)23-14-17-7-5-4-6-8-17/h9-10,12-13,17H,3-8,11,14-15H2,1-2H3,(H,23,25). The number of rotatable bonds is 7. The van der Waals surface area contributed by atoms with Crippen LogP contribution in [0.25, 0.3) is 10.9 Å². The minimum absolute atomic E-state index is 0.00204. The van der Waals surface area contributed by atoms with Crippen LogP contribution in [0.5, 0.6) is 5.75 Å². The van der Waals surface area contributed by atoms with Crippen molar-refractivity contribution in [3.63, 3.8) is 0 Å². The molecular formula is C22H30N2O3. The summed E-state index contributed by atoms with van der Waals surface area (Å²) in [5.41, 5.74) is 1.82. The Bertz CT molecular complexity index is 850. The average molecular weight is 370 g/mol. The molecule has 0 radical (unpaired) electrons. The van der Waals surface area contributed by atoms with Crippen molar-refractivity contribution in [2.75, 3.05) is 13.2 Å². The monoisotopic (exact) mass is 370 g/mol. The molecule has 146 valence electrons. The van der Waals surface area contributed by atoms with E-state index < -0.39 is 0 Å². The van der Waals surface area contributed by atoms with Crippen molar-refractivity contribution < 1.29 is 9.53 Å². The van der Waals surface area contributed by atoms with Crippen molar-refractivity contribution >= 4 is 16.8 Å². The third-order valence-corrected chi connectivity index (χ3v) is 5.42. The first-order chi connectivity index (χ1) is 13.1. The van der Waals surface area contributed by atoms with Gasteiger partial charge in [-0.25, -0.2) is 0 Å². The lowest BCUT2D eigenvalue weighted by molar-refractivity contribution is -0.123. The summed E-state index contributed by atoms with van der Waals surface area (Å²) >= 11 is 0. The number of aryl methyl sites for hydroxylation is 2. The topological polar surface area (TPSA) is 60.3 Å². The highest BCUT2D eigenvalue weighted by Gasteiger charge is 2.14. The van der Waals surface area contributed by atoms with Crippen LogP contribution in [0.3, 0.4) is 0 Å². The summed E-state index contributed by atoms with van der Waals surface area (Å²) in [5.74, 6) is 1.14. The van der Waals surface area contributed by atoms with Crippen LogP contribution in [0.4, 0.5) is 0 Å². The fraction of sp³-hybridized carbons (Fsp3) is 0.545. The SMILES string of the molecule is CCCn1c(=O)cc(C)c2ccc(OCC(=O)NCC3CCCCC3)cc21. The summed E-state index contributed by atoms with van der Waals surface area (Å²) in [6.07, 6.45) is 7.16. The Morgan fingerprint density at radius 2 is 2.00 bits per heavy atom. The van der Waals surface area contributed by atoms with E-state index in [1.165, 1.54) is 32.1 Å². The summed E-state index contributed by atoms with van der Waals surface area (Å²) in [6, 6.07) is 7.38. The van der Waals surface area contributed by atoms with Gasteiger partial charge in [-0.05, 0) is 49.8 Å². The number of fused-ring (bicyclic) bond motifs is 1. The van der Waals surface area contributed by atoms with Gasteiger partial charge in [0.05, 0.1) is 5.52 Å². The van der Waals surface area contributed by atoms with Gasteiger partial charge >= 0.3 is 0 Å². The van der Waals surface area contributed by atoms with E-state index in [9.17, 15) is 9.59 Å². The van der Waals surface area contributed by atoms with E-state index >= 15 is 0 Å². The van der Waals surface area contributed by atoms with Crippen molar-refractivity contribution in [1.82, 2.24) is 9.88 Å². The normalized spacial score (nSPS) is 15.0. The van der Waals surface area contributed by atoms with Gasteiger partial charge in [-0.2, -0.15) is 0 Å². The van der Waals surface area contributed by atoms with Crippen LogP contribution in [0.1, 0.15) is 51.0 Å². The van der Waals surface area contributed by atoms with Gasteiger partial charge in [0, 0.05) is 30.6 Å². The van der Waals surface area contributed by atoms with Crippen LogP contribution in [0.2, 0.25) is 0 Å². The molecule has 0 atom stereocenters. The lowest BCUT2D eigenvalue weighted by Gasteiger charge is -2.21. The van der Waals surface area contributed by atoms with Gasteiger partial charge in [-0.15, -0.1) is 0 Å². The second kappa shape index (κ2) is 9.07. The Balaban J connectivity index is 1.65. The molecule has 1 aliphatic carbocycles. The highest BCUT2D eigenvalue weighted by Crippen LogP contribution is 2.24. The van der Waals surface area contributed by atoms with E-state index in [4.69, 9.17) is 4.74 Å². The fourth-order valence-electron chi connectivity index (χ4n) is 3.92. The number of nitrogens with zero attached hydrogens (tertiary/aromatic N) is 1. The van der Waals surface area contributed by atoms with Crippen LogP contribution < -0.4 is 15.6 Å². The zero-order valence-electron chi connectivity index (χ0n) is 16.4. The Labute approximate surface area is 160 Å². The number of pyridine rings is 1. The smallest absolute Gasteiger partial charge is 0.257 e. The van der Waals surface area contributed by atoms with E-state index in [2.05, 4.69) is 12.2 Å². The molecule has 27 heavy (non-hydrogen) atoms. The summed E-state index contributed by atoms with van der Waals surface area (Å²) in [6.45, 7) is 5.41. The third-order valence-electron chi connectivity index (χ3n) is 5.42. The molecular weight excluding hydrogens is 340 g/mol. The number of carbonyl (C=O) groups excluding carboxylic acids is 1. The quantitative estimate of drug-likeness (QED) is 0.806. The van der Waals surface area contributed by atoms with Crippen molar-refractivity contribution in [3.8, 4) is 5.75 Å². The molecule has 2 aromatic rings. The summed E-state index contributed by atoms with van der Waals surface area (Å²) < 4.78 is 7.48. The molecule has 3 rings (SSSR count). The van der Waals surface area contributed by atoms with E-state index in [1.54, 1.807) is 10.6 Å². The lowest BCUT2D eigenvalue weighted by Crippen LogP contribution is -2.33. The Morgan fingerprint density at radius 3 is 2.74 bits per heavy atom. The number of ether oxygens (including phenoxy) is 1. The Morgan fingerprint density at radius 1 is 1.22 bits per heavy atom. The number of nitrogens with one attached hydrogen (secondary N) is 1. The van der Waals surface area contributed by atoms with Crippen molar-refractivity contribution in [3.05, 3.63) is 40.2 Å². The van der Waals surface area contributed by atoms with Crippen LogP contribution in [0.15, 0.2) is 29.1 Å². The second-order valence-corrected chi connectivity index (χ2v) is 7.59. The minimum Gasteiger partial charge on any atom is -0.484 e. The van der Waals surface area contributed by atoms with Gasteiger partial charge in [-0.1, -0.05) is 26.2 Å². The highest BCUT2D eigenvalue weighted by atomic mass is 16.5. The number of hydrogen-bond acceptors (Lipinski definition) is 3. The molecule has 0 saturated heterocycles. The molecule has 0 unspecified atom stereocenters. The highest BCUT2D eigenvalue weighted by molar-refractivity contribution is 5.84. The number of aromatic nitrogens is 1. The molecule has 0 aliphatic heterocycles. The van der Waals surface area contributed by atoms with Crippen molar-refractivity contribution in [2.45, 2.75) is 58.9 Å². The second-order valence-electron chi connectivity index (χ2n) is 7.59. The summed E-state index contributed by atoms with van der Waals surface area (Å²) in [5, 5.41) is 4.03. The van der Waals surface area contributed by atoms with Crippen LogP contribution in [-0.4, -0.2) is 23.6 Å². The molecule has 1 aromatic heterocycles. The molecule has 0 bridgehead atoms. The number of amides is 1. The molecule has 1 saturated carbocycles. The first-order valence-corrected chi connectivity index (χ1v) is 10.1. The first kappa shape index (κ1) is 19.5. The van der Waals surface area contributed by atoms with Gasteiger partial charge in [0.25, 0.3) is 11.5 Å². The molecule has 5 heteroatoms. The molecule has 1 fully saturated rings. The lowest BCUT2D eigenvalue weighted by atomic mass is 9.89. The predicted molar refractivity (Wildman–Crippen MR) is 108 cm³/mol. The molecule has 1 aliphatic rings. The summed E-state index contributed by atoms with van der Waals surface area (Å²) in [7, 11) is 0. The van der Waals surface area contributed by atoms with Crippen molar-refractivity contribution in [1.29, 1.82) is 0 Å². The predicted octanol–water partition coefficient (Wildman–Crippen LogP) is 3.80. The molecule has 1 heterocycles. The van der Waals surface area contributed by atoms with Crippen LogP contribution in [0, 0.1) is 12.8 Å². The molecule has 1 aromatic carbocycles. The van der Waals surface area contributed by atoms with E-state index in [-0.39, 0.29) is 18.1 Å². The van der Waals surface area contributed by atoms with E-state index in [0.29, 0.717) is 18.2 Å². The van der Waals surface area contributed by atoms with Gasteiger partial charge in [0.15, 0.2) is 6.61 Å². The average Bonchev–Trinajstić information content (AvgIpc) is 2.68. The Kier molecular flexibility index (Phi) is 6.54. The zero-order chi connectivity index (χ0) is 19.2. The van der Waals surface area contributed by atoms with Gasteiger partial charge < -0.3 is 14.6 Å².